The van der Waals surface area contributed by atoms with Crippen molar-refractivity contribution in [2.24, 2.45) is 0 Å². The Bertz CT molecular complexity index is 968. The Labute approximate surface area is 185 Å². The highest BCUT2D eigenvalue weighted by molar-refractivity contribution is 7.99. The van der Waals surface area contributed by atoms with Gasteiger partial charge in [-0.2, -0.15) is 5.26 Å². The third kappa shape index (κ3) is 4.51. The fourth-order valence-corrected chi connectivity index (χ4v) is 5.15. The van der Waals surface area contributed by atoms with Crippen molar-refractivity contribution in [2.45, 2.75) is 16.7 Å². The second-order valence-corrected chi connectivity index (χ2v) is 8.60. The van der Waals surface area contributed by atoms with Gasteiger partial charge in [-0.3, -0.25) is 0 Å². The minimum Gasteiger partial charge on any atom is -0.336 e. The van der Waals surface area contributed by atoms with Crippen LogP contribution in [0.4, 0.5) is 0 Å². The predicted octanol–water partition coefficient (Wildman–Crippen LogP) is 7.56. The van der Waals surface area contributed by atoms with Crippen LogP contribution in [0.25, 0.3) is 0 Å². The molecule has 0 radical (unpaired) electrons. The summed E-state index contributed by atoms with van der Waals surface area (Å²) in [5, 5.41) is 9.90. The van der Waals surface area contributed by atoms with Gasteiger partial charge in [0.15, 0.2) is 0 Å². The first-order valence-electron chi connectivity index (χ1n) is 7.56. The average molecular weight is 478 g/mol. The van der Waals surface area contributed by atoms with Gasteiger partial charge in [-0.1, -0.05) is 70.1 Å². The van der Waals surface area contributed by atoms with Crippen molar-refractivity contribution in [1.29, 1.82) is 5.26 Å². The van der Waals surface area contributed by atoms with Crippen LogP contribution in [-0.2, 0) is 6.54 Å². The van der Waals surface area contributed by atoms with Crippen LogP contribution in [0.5, 0.6) is 0 Å². The molecule has 0 saturated heterocycles. The first-order valence-corrected chi connectivity index (χ1v) is 10.3. The molecule has 0 N–H and O–H groups in total. The quantitative estimate of drug-likeness (QED) is 0.216. The Morgan fingerprint density at radius 1 is 0.963 bits per heavy atom. The van der Waals surface area contributed by atoms with Gasteiger partial charge in [0.2, 0.25) is 0 Å². The van der Waals surface area contributed by atoms with Crippen molar-refractivity contribution >= 4 is 69.8 Å². The van der Waals surface area contributed by atoms with Gasteiger partial charge in [0, 0.05) is 23.8 Å². The molecular weight excluding hydrogens is 468 g/mol. The maximum absolute atomic E-state index is 9.03. The number of halogens is 5. The second-order valence-electron chi connectivity index (χ2n) is 5.50. The smallest absolute Gasteiger partial charge is 0.0991 e. The molecule has 0 aliphatic heterocycles. The number of nitriles is 1. The van der Waals surface area contributed by atoms with Gasteiger partial charge in [-0.05, 0) is 17.7 Å². The summed E-state index contributed by atoms with van der Waals surface area (Å²) in [5.74, 6) is 0. The van der Waals surface area contributed by atoms with Crippen molar-refractivity contribution in [3.63, 3.8) is 0 Å². The summed E-state index contributed by atoms with van der Waals surface area (Å²) in [6, 6.07) is 9.44. The number of aromatic nitrogens is 2. The summed E-state index contributed by atoms with van der Waals surface area (Å²) in [4.78, 5) is 4.63. The Balaban J connectivity index is 2.02. The Morgan fingerprint density at radius 2 is 1.56 bits per heavy atom. The van der Waals surface area contributed by atoms with Crippen molar-refractivity contribution in [3.05, 3.63) is 79.2 Å². The number of imidazole rings is 1. The molecule has 2 aromatic carbocycles. The van der Waals surface area contributed by atoms with E-state index >= 15 is 0 Å². The summed E-state index contributed by atoms with van der Waals surface area (Å²) in [7, 11) is 0. The third-order valence-corrected chi connectivity index (χ3v) is 7.63. The zero-order valence-corrected chi connectivity index (χ0v) is 18.1. The SMILES string of the molecule is N#Cc1ccc(C(Cn2ccnc2)Sc2c(Cl)c(Cl)c(Cl)c(Cl)c2Cl)cc1. The molecule has 1 unspecified atom stereocenters. The molecule has 0 saturated carbocycles. The van der Waals surface area contributed by atoms with E-state index in [2.05, 4.69) is 11.1 Å². The fraction of sp³-hybridized carbons (Fsp3) is 0.111. The van der Waals surface area contributed by atoms with Gasteiger partial charge in [0.25, 0.3) is 0 Å². The summed E-state index contributed by atoms with van der Waals surface area (Å²) in [6.45, 7) is 0.598. The molecule has 1 aromatic heterocycles. The van der Waals surface area contributed by atoms with E-state index in [1.165, 1.54) is 11.8 Å². The Kier molecular flexibility index (Phi) is 6.86. The van der Waals surface area contributed by atoms with Crippen LogP contribution in [-0.4, -0.2) is 9.55 Å². The molecule has 1 atom stereocenters. The van der Waals surface area contributed by atoms with E-state index in [0.29, 0.717) is 17.0 Å². The molecule has 0 fully saturated rings. The molecule has 0 bridgehead atoms. The first-order chi connectivity index (χ1) is 12.9. The zero-order chi connectivity index (χ0) is 19.6. The van der Waals surface area contributed by atoms with Gasteiger partial charge in [-0.25, -0.2) is 4.98 Å². The van der Waals surface area contributed by atoms with E-state index in [0.717, 1.165) is 5.56 Å². The van der Waals surface area contributed by atoms with Crippen LogP contribution >= 0.6 is 69.8 Å². The van der Waals surface area contributed by atoms with Crippen molar-refractivity contribution in [2.75, 3.05) is 0 Å². The van der Waals surface area contributed by atoms with Crippen LogP contribution in [0.3, 0.4) is 0 Å². The summed E-state index contributed by atoms with van der Waals surface area (Å²) in [5.41, 5.74) is 1.57. The number of hydrogen-bond acceptors (Lipinski definition) is 3. The molecule has 1 heterocycles. The van der Waals surface area contributed by atoms with E-state index in [1.807, 2.05) is 22.9 Å². The van der Waals surface area contributed by atoms with E-state index in [9.17, 15) is 0 Å². The molecule has 9 heteroatoms. The predicted molar refractivity (Wildman–Crippen MR) is 113 cm³/mol. The topological polar surface area (TPSA) is 41.6 Å². The van der Waals surface area contributed by atoms with Crippen molar-refractivity contribution < 1.29 is 0 Å². The molecule has 0 spiro atoms. The molecule has 0 aliphatic rings. The van der Waals surface area contributed by atoms with Crippen LogP contribution in [0.15, 0.2) is 47.9 Å². The molecule has 0 aliphatic carbocycles. The molecule has 27 heavy (non-hydrogen) atoms. The summed E-state index contributed by atoms with van der Waals surface area (Å²) in [6.07, 6.45) is 5.29. The van der Waals surface area contributed by atoms with Gasteiger partial charge in [0.1, 0.15) is 0 Å². The number of hydrogen-bond donors (Lipinski definition) is 0. The fourth-order valence-electron chi connectivity index (χ4n) is 2.40. The highest BCUT2D eigenvalue weighted by Crippen LogP contribution is 2.51. The number of benzene rings is 2. The standard InChI is InChI=1S/C18H10Cl5N3S/c19-13-14(20)16(22)18(17(23)15(13)21)27-12(8-26-6-5-25-9-26)11-3-1-10(7-24)2-4-11/h1-6,9,12H,8H2. The molecule has 138 valence electrons. The Hall–Kier alpha value is -1.06. The number of nitrogens with zero attached hydrogens (tertiary/aromatic N) is 3. The highest BCUT2D eigenvalue weighted by Gasteiger charge is 2.24. The highest BCUT2D eigenvalue weighted by atomic mass is 35.5. The van der Waals surface area contributed by atoms with E-state index in [-0.39, 0.29) is 30.4 Å². The third-order valence-electron chi connectivity index (χ3n) is 3.78. The second kappa shape index (κ2) is 8.96. The lowest BCUT2D eigenvalue weighted by Gasteiger charge is -2.20. The summed E-state index contributed by atoms with van der Waals surface area (Å²) < 4.78 is 1.94. The average Bonchev–Trinajstić information content (AvgIpc) is 3.20. The van der Waals surface area contributed by atoms with Crippen LogP contribution in [0, 0.1) is 11.3 Å². The molecule has 3 rings (SSSR count). The maximum atomic E-state index is 9.03. The first kappa shape index (κ1) is 20.7. The lowest BCUT2D eigenvalue weighted by atomic mass is 10.1. The molecular formula is C18H10Cl5N3S. The van der Waals surface area contributed by atoms with Gasteiger partial charge in [0.05, 0.1) is 48.3 Å². The maximum Gasteiger partial charge on any atom is 0.0991 e. The van der Waals surface area contributed by atoms with Crippen molar-refractivity contribution in [1.82, 2.24) is 9.55 Å². The van der Waals surface area contributed by atoms with Gasteiger partial charge < -0.3 is 4.57 Å². The van der Waals surface area contributed by atoms with Crippen LogP contribution in [0.2, 0.25) is 25.1 Å². The number of rotatable bonds is 5. The lowest BCUT2D eigenvalue weighted by Crippen LogP contribution is -2.05. The van der Waals surface area contributed by atoms with E-state index in [4.69, 9.17) is 63.3 Å². The van der Waals surface area contributed by atoms with E-state index in [1.54, 1.807) is 24.7 Å². The largest absolute Gasteiger partial charge is 0.336 e. The van der Waals surface area contributed by atoms with Gasteiger partial charge >= 0.3 is 0 Å². The minimum absolute atomic E-state index is 0.0877. The minimum atomic E-state index is -0.0877. The van der Waals surface area contributed by atoms with Crippen LogP contribution < -0.4 is 0 Å². The normalized spacial score (nSPS) is 12.0. The summed E-state index contributed by atoms with van der Waals surface area (Å²) >= 11 is 32.7. The molecule has 3 aromatic rings. The monoisotopic (exact) mass is 475 g/mol. The molecule has 0 amide bonds. The van der Waals surface area contributed by atoms with Crippen molar-refractivity contribution in [3.8, 4) is 6.07 Å². The van der Waals surface area contributed by atoms with E-state index < -0.39 is 0 Å². The number of thioether (sulfide) groups is 1. The Morgan fingerprint density at radius 3 is 2.07 bits per heavy atom. The van der Waals surface area contributed by atoms with Crippen LogP contribution in [0.1, 0.15) is 16.4 Å². The zero-order valence-electron chi connectivity index (χ0n) is 13.5. The molecule has 3 nitrogen and oxygen atoms in total. The lowest BCUT2D eigenvalue weighted by molar-refractivity contribution is 0.683. The van der Waals surface area contributed by atoms with Gasteiger partial charge in [-0.15, -0.1) is 11.8 Å².